The zero-order valence-electron chi connectivity index (χ0n) is 18.7. The fourth-order valence-corrected chi connectivity index (χ4v) is 4.25. The van der Waals surface area contributed by atoms with Crippen molar-refractivity contribution in [2.24, 2.45) is 11.3 Å². The van der Waals surface area contributed by atoms with E-state index in [1.807, 2.05) is 39.8 Å². The normalized spacial score (nSPS) is 21.6. The van der Waals surface area contributed by atoms with Crippen molar-refractivity contribution >= 4 is 29.4 Å². The monoisotopic (exact) mass is 452 g/mol. The topological polar surface area (TPSA) is 107 Å². The molecule has 3 N–H and O–H groups in total. The smallest absolute Gasteiger partial charge is 0.303 e. The second-order valence-corrected chi connectivity index (χ2v) is 9.73. The van der Waals surface area contributed by atoms with E-state index in [0.717, 1.165) is 5.56 Å². The van der Waals surface area contributed by atoms with E-state index in [1.165, 1.54) is 0 Å². The molecule has 0 aromatic heterocycles. The molecule has 1 heterocycles. The minimum Gasteiger partial charge on any atom is -0.481 e. The average Bonchev–Trinajstić information content (AvgIpc) is 2.67. The third kappa shape index (κ3) is 5.98. The molecule has 1 fully saturated rings. The fraction of sp³-hybridized carbons (Fsp3) is 0.609. The van der Waals surface area contributed by atoms with Gasteiger partial charge in [0.15, 0.2) is 0 Å². The highest BCUT2D eigenvalue weighted by molar-refractivity contribution is 6.30. The summed E-state index contributed by atoms with van der Waals surface area (Å²) in [5.74, 6) is -1.60. The molecular formula is C23H33ClN2O5. The van der Waals surface area contributed by atoms with Crippen molar-refractivity contribution in [3.8, 4) is 0 Å². The van der Waals surface area contributed by atoms with Crippen molar-refractivity contribution in [1.82, 2.24) is 10.2 Å². The number of aliphatic hydroxyl groups is 1. The highest BCUT2D eigenvalue weighted by atomic mass is 35.5. The van der Waals surface area contributed by atoms with Crippen LogP contribution in [0.3, 0.4) is 0 Å². The fourth-order valence-electron chi connectivity index (χ4n) is 4.13. The van der Waals surface area contributed by atoms with Crippen LogP contribution in [0.15, 0.2) is 24.3 Å². The molecule has 31 heavy (non-hydrogen) atoms. The maximum atomic E-state index is 13.3. The highest BCUT2D eigenvalue weighted by Crippen LogP contribution is 2.46. The molecule has 8 heteroatoms. The SMILES string of the molecule is CC(C)C(NC(=O)CCCC(=O)O)C(=O)N1CCC(O)(c2ccc(Cl)cc2)C(C)(C)C1. The van der Waals surface area contributed by atoms with Crippen LogP contribution < -0.4 is 5.32 Å². The number of rotatable bonds is 8. The third-order valence-electron chi connectivity index (χ3n) is 6.13. The van der Waals surface area contributed by atoms with E-state index in [4.69, 9.17) is 16.7 Å². The first kappa shape index (κ1) is 25.1. The molecule has 7 nitrogen and oxygen atoms in total. The molecule has 2 atom stereocenters. The number of nitrogens with zero attached hydrogens (tertiary/aromatic N) is 1. The Morgan fingerprint density at radius 1 is 1.16 bits per heavy atom. The lowest BCUT2D eigenvalue weighted by molar-refractivity contribution is -0.156. The second kappa shape index (κ2) is 10.0. The maximum absolute atomic E-state index is 13.3. The highest BCUT2D eigenvalue weighted by Gasteiger charge is 2.50. The lowest BCUT2D eigenvalue weighted by atomic mass is 9.66. The molecule has 0 aliphatic carbocycles. The molecule has 0 saturated carbocycles. The summed E-state index contributed by atoms with van der Waals surface area (Å²) in [6, 6.07) is 6.43. The Morgan fingerprint density at radius 2 is 1.77 bits per heavy atom. The first-order valence-electron chi connectivity index (χ1n) is 10.7. The molecule has 0 spiro atoms. The number of hydrogen-bond acceptors (Lipinski definition) is 4. The zero-order valence-corrected chi connectivity index (χ0v) is 19.4. The first-order valence-corrected chi connectivity index (χ1v) is 11.0. The van der Waals surface area contributed by atoms with Gasteiger partial charge >= 0.3 is 5.97 Å². The Bertz CT molecular complexity index is 809. The number of benzene rings is 1. The minimum atomic E-state index is -1.11. The molecule has 1 aliphatic heterocycles. The minimum absolute atomic E-state index is 0.0601. The van der Waals surface area contributed by atoms with Crippen LogP contribution in [0.2, 0.25) is 5.02 Å². The molecule has 1 aliphatic rings. The van der Waals surface area contributed by atoms with Crippen LogP contribution in [0.25, 0.3) is 0 Å². The number of aliphatic carboxylic acids is 1. The Morgan fingerprint density at radius 3 is 2.29 bits per heavy atom. The largest absolute Gasteiger partial charge is 0.481 e. The van der Waals surface area contributed by atoms with Gasteiger partial charge in [-0.25, -0.2) is 0 Å². The quantitative estimate of drug-likeness (QED) is 0.561. The van der Waals surface area contributed by atoms with Gasteiger partial charge in [0.1, 0.15) is 6.04 Å². The first-order chi connectivity index (χ1) is 14.4. The molecule has 0 radical (unpaired) electrons. The van der Waals surface area contributed by atoms with Crippen LogP contribution >= 0.6 is 11.6 Å². The number of hydrogen-bond donors (Lipinski definition) is 3. The lowest BCUT2D eigenvalue weighted by Crippen LogP contribution is -2.60. The molecule has 2 rings (SSSR count). The van der Waals surface area contributed by atoms with Crippen molar-refractivity contribution in [2.45, 2.75) is 65.0 Å². The number of nitrogens with one attached hydrogen (secondary N) is 1. The Hall–Kier alpha value is -2.12. The standard InChI is InChI=1S/C23H33ClN2O5/c1-15(2)20(25-18(27)6-5-7-19(28)29)21(30)26-13-12-23(31,22(3,4)14-26)16-8-10-17(24)11-9-16/h8-11,15,20,31H,5-7,12-14H2,1-4H3,(H,25,27)(H,28,29). The van der Waals surface area contributed by atoms with Crippen LogP contribution in [-0.4, -0.2) is 52.0 Å². The Kier molecular flexibility index (Phi) is 8.11. The van der Waals surface area contributed by atoms with Gasteiger partial charge in [-0.2, -0.15) is 0 Å². The number of carboxylic acids is 1. The van der Waals surface area contributed by atoms with Gasteiger partial charge < -0.3 is 20.4 Å². The van der Waals surface area contributed by atoms with E-state index in [9.17, 15) is 19.5 Å². The molecule has 1 saturated heterocycles. The van der Waals surface area contributed by atoms with Crippen LogP contribution in [0, 0.1) is 11.3 Å². The summed E-state index contributed by atoms with van der Waals surface area (Å²) in [5, 5.41) is 23.6. The number of halogens is 1. The van der Waals surface area contributed by atoms with E-state index in [0.29, 0.717) is 24.5 Å². The van der Waals surface area contributed by atoms with Gasteiger partial charge in [-0.1, -0.05) is 51.4 Å². The summed E-state index contributed by atoms with van der Waals surface area (Å²) in [6.45, 7) is 8.27. The van der Waals surface area contributed by atoms with Gasteiger partial charge in [-0.05, 0) is 36.5 Å². The number of piperidine rings is 1. The molecule has 2 amide bonds. The van der Waals surface area contributed by atoms with Crippen molar-refractivity contribution in [2.75, 3.05) is 13.1 Å². The van der Waals surface area contributed by atoms with E-state index in [1.54, 1.807) is 17.0 Å². The van der Waals surface area contributed by atoms with Crippen molar-refractivity contribution in [1.29, 1.82) is 0 Å². The number of amides is 2. The number of likely N-dealkylation sites (tertiary alicyclic amines) is 1. The molecule has 1 aromatic carbocycles. The van der Waals surface area contributed by atoms with Gasteiger partial charge in [-0.15, -0.1) is 0 Å². The van der Waals surface area contributed by atoms with Crippen molar-refractivity contribution in [3.63, 3.8) is 0 Å². The van der Waals surface area contributed by atoms with Gasteiger partial charge in [0.25, 0.3) is 0 Å². The number of carbonyl (C=O) groups excluding carboxylic acids is 2. The zero-order chi connectivity index (χ0) is 23.4. The summed E-state index contributed by atoms with van der Waals surface area (Å²) in [5.41, 5.74) is -0.968. The molecule has 172 valence electrons. The number of carboxylic acid groups (broad SMARTS) is 1. The van der Waals surface area contributed by atoms with Crippen LogP contribution in [-0.2, 0) is 20.0 Å². The van der Waals surface area contributed by atoms with Crippen LogP contribution in [0.5, 0.6) is 0 Å². The van der Waals surface area contributed by atoms with Crippen molar-refractivity contribution < 1.29 is 24.6 Å². The Balaban J connectivity index is 2.10. The van der Waals surface area contributed by atoms with Gasteiger partial charge in [0, 0.05) is 36.4 Å². The molecule has 2 unspecified atom stereocenters. The number of carbonyl (C=O) groups is 3. The molecule has 1 aromatic rings. The summed E-state index contributed by atoms with van der Waals surface area (Å²) >= 11 is 5.99. The second-order valence-electron chi connectivity index (χ2n) is 9.30. The lowest BCUT2D eigenvalue weighted by Gasteiger charge is -2.51. The predicted molar refractivity (Wildman–Crippen MR) is 119 cm³/mol. The summed E-state index contributed by atoms with van der Waals surface area (Å²) in [4.78, 5) is 37.8. The van der Waals surface area contributed by atoms with Crippen LogP contribution in [0.1, 0.15) is 58.9 Å². The van der Waals surface area contributed by atoms with Gasteiger partial charge in [-0.3, -0.25) is 14.4 Å². The van der Waals surface area contributed by atoms with Crippen LogP contribution in [0.4, 0.5) is 0 Å². The Labute approximate surface area is 188 Å². The van der Waals surface area contributed by atoms with E-state index in [-0.39, 0.29) is 37.0 Å². The average molecular weight is 453 g/mol. The molecular weight excluding hydrogens is 420 g/mol. The third-order valence-corrected chi connectivity index (χ3v) is 6.38. The summed E-state index contributed by atoms with van der Waals surface area (Å²) in [6.07, 6.45) is 0.567. The van der Waals surface area contributed by atoms with E-state index >= 15 is 0 Å². The maximum Gasteiger partial charge on any atom is 0.303 e. The van der Waals surface area contributed by atoms with Crippen molar-refractivity contribution in [3.05, 3.63) is 34.9 Å². The van der Waals surface area contributed by atoms with Gasteiger partial charge in [0.2, 0.25) is 11.8 Å². The summed E-state index contributed by atoms with van der Waals surface area (Å²) < 4.78 is 0. The van der Waals surface area contributed by atoms with E-state index in [2.05, 4.69) is 5.32 Å². The predicted octanol–water partition coefficient (Wildman–Crippen LogP) is 3.18. The van der Waals surface area contributed by atoms with Gasteiger partial charge in [0.05, 0.1) is 5.60 Å². The molecule has 0 bridgehead atoms. The van der Waals surface area contributed by atoms with E-state index < -0.39 is 23.0 Å². The summed E-state index contributed by atoms with van der Waals surface area (Å²) in [7, 11) is 0.